The van der Waals surface area contributed by atoms with Gasteiger partial charge in [-0.05, 0) is 24.8 Å². The summed E-state index contributed by atoms with van der Waals surface area (Å²) >= 11 is 1.61. The highest BCUT2D eigenvalue weighted by atomic mass is 32.2. The van der Waals surface area contributed by atoms with Crippen molar-refractivity contribution in [2.24, 2.45) is 0 Å². The highest BCUT2D eigenvalue weighted by Crippen LogP contribution is 2.24. The number of benzene rings is 1. The highest BCUT2D eigenvalue weighted by molar-refractivity contribution is 7.98. The summed E-state index contributed by atoms with van der Waals surface area (Å²) in [5.74, 6) is 0.0741. The Morgan fingerprint density at radius 2 is 1.76 bits per heavy atom. The number of anilines is 1. The van der Waals surface area contributed by atoms with Crippen molar-refractivity contribution in [2.45, 2.75) is 18.2 Å². The van der Waals surface area contributed by atoms with Gasteiger partial charge >= 0.3 is 6.03 Å². The van der Waals surface area contributed by atoms with E-state index in [9.17, 15) is 9.59 Å². The van der Waals surface area contributed by atoms with E-state index in [1.54, 1.807) is 28.5 Å². The van der Waals surface area contributed by atoms with Crippen LogP contribution in [0.5, 0.6) is 0 Å². The molecule has 0 aliphatic carbocycles. The number of hydrogen-bond acceptors (Lipinski definition) is 3. The van der Waals surface area contributed by atoms with Crippen molar-refractivity contribution in [2.75, 3.05) is 37.8 Å². The molecule has 1 aliphatic heterocycles. The molecule has 1 heterocycles. The van der Waals surface area contributed by atoms with Gasteiger partial charge in [0.15, 0.2) is 0 Å². The fourth-order valence-corrected chi connectivity index (χ4v) is 2.93. The first kappa shape index (κ1) is 15.7. The summed E-state index contributed by atoms with van der Waals surface area (Å²) in [6, 6.07) is 7.67. The molecule has 1 aromatic carbocycles. The molecule has 1 N–H and O–H groups in total. The number of rotatable bonds is 2. The molecule has 1 aliphatic rings. The van der Waals surface area contributed by atoms with Crippen LogP contribution >= 0.6 is 11.8 Å². The zero-order chi connectivity index (χ0) is 15.2. The third-order valence-corrected chi connectivity index (χ3v) is 4.37. The minimum absolute atomic E-state index is 0.0741. The predicted octanol–water partition coefficient (Wildman–Crippen LogP) is 2.49. The maximum atomic E-state index is 12.4. The van der Waals surface area contributed by atoms with E-state index in [1.165, 1.54) is 0 Å². The molecule has 0 radical (unpaired) electrons. The van der Waals surface area contributed by atoms with Gasteiger partial charge in [-0.1, -0.05) is 12.1 Å². The second-order valence-corrected chi connectivity index (χ2v) is 5.83. The van der Waals surface area contributed by atoms with Crippen molar-refractivity contribution in [3.8, 4) is 0 Å². The van der Waals surface area contributed by atoms with Gasteiger partial charge in [-0.15, -0.1) is 11.8 Å². The average Bonchev–Trinajstić information content (AvgIpc) is 2.73. The monoisotopic (exact) mass is 307 g/mol. The molecule has 0 unspecified atom stereocenters. The molecule has 2 rings (SSSR count). The number of para-hydroxylation sites is 1. The molecule has 6 heteroatoms. The van der Waals surface area contributed by atoms with Gasteiger partial charge in [0.2, 0.25) is 5.91 Å². The van der Waals surface area contributed by atoms with Crippen LogP contribution in [0.3, 0.4) is 0 Å². The standard InChI is InChI=1S/C15H21N3O2S/c1-12(19)17-8-5-9-18(11-10-17)15(20)16-13-6-3-4-7-14(13)21-2/h3-4,6-7H,5,8-11H2,1-2H3,(H,16,20). The van der Waals surface area contributed by atoms with E-state index in [4.69, 9.17) is 0 Å². The molecule has 0 atom stereocenters. The molecule has 0 bridgehead atoms. The summed E-state index contributed by atoms with van der Waals surface area (Å²) < 4.78 is 0. The third-order valence-electron chi connectivity index (χ3n) is 3.58. The van der Waals surface area contributed by atoms with Crippen molar-refractivity contribution in [3.63, 3.8) is 0 Å². The molecular formula is C15H21N3O2S. The summed E-state index contributed by atoms with van der Waals surface area (Å²) in [4.78, 5) is 28.4. The lowest BCUT2D eigenvalue weighted by Crippen LogP contribution is -2.38. The lowest BCUT2D eigenvalue weighted by molar-refractivity contribution is -0.128. The Kier molecular flexibility index (Phi) is 5.50. The SMILES string of the molecule is CSc1ccccc1NC(=O)N1CCCN(C(C)=O)CC1. The first-order valence-electron chi connectivity index (χ1n) is 7.06. The smallest absolute Gasteiger partial charge is 0.321 e. The third kappa shape index (κ3) is 4.14. The highest BCUT2D eigenvalue weighted by Gasteiger charge is 2.20. The maximum absolute atomic E-state index is 12.4. The molecule has 21 heavy (non-hydrogen) atoms. The first-order valence-corrected chi connectivity index (χ1v) is 8.28. The van der Waals surface area contributed by atoms with Crippen LogP contribution in [0.4, 0.5) is 10.5 Å². The summed E-state index contributed by atoms with van der Waals surface area (Å²) in [6.45, 7) is 4.15. The predicted molar refractivity (Wildman–Crippen MR) is 85.7 cm³/mol. The number of urea groups is 1. The van der Waals surface area contributed by atoms with Gasteiger partial charge in [-0.25, -0.2) is 4.79 Å². The Labute approximate surface area is 129 Å². The zero-order valence-electron chi connectivity index (χ0n) is 12.5. The van der Waals surface area contributed by atoms with Crippen LogP contribution < -0.4 is 5.32 Å². The molecule has 1 aromatic rings. The number of nitrogens with one attached hydrogen (secondary N) is 1. The largest absolute Gasteiger partial charge is 0.341 e. The van der Waals surface area contributed by atoms with Crippen LogP contribution in [0.2, 0.25) is 0 Å². The van der Waals surface area contributed by atoms with Crippen molar-refractivity contribution in [3.05, 3.63) is 24.3 Å². The summed E-state index contributed by atoms with van der Waals surface area (Å²) in [5, 5.41) is 2.97. The number of amides is 3. The Bertz CT molecular complexity index is 521. The van der Waals surface area contributed by atoms with E-state index in [2.05, 4.69) is 5.32 Å². The average molecular weight is 307 g/mol. The van der Waals surface area contributed by atoms with Gasteiger partial charge in [-0.3, -0.25) is 4.79 Å². The Balaban J connectivity index is 1.98. The lowest BCUT2D eigenvalue weighted by atomic mass is 10.3. The fourth-order valence-electron chi connectivity index (χ4n) is 2.38. The van der Waals surface area contributed by atoms with Crippen LogP contribution in [-0.2, 0) is 4.79 Å². The van der Waals surface area contributed by atoms with Crippen LogP contribution in [0.1, 0.15) is 13.3 Å². The number of hydrogen-bond donors (Lipinski definition) is 1. The van der Waals surface area contributed by atoms with Crippen molar-refractivity contribution < 1.29 is 9.59 Å². The maximum Gasteiger partial charge on any atom is 0.321 e. The number of carbonyl (C=O) groups excluding carboxylic acids is 2. The van der Waals surface area contributed by atoms with Crippen molar-refractivity contribution in [1.82, 2.24) is 9.80 Å². The number of carbonyl (C=O) groups is 2. The number of nitrogens with zero attached hydrogens (tertiary/aromatic N) is 2. The Morgan fingerprint density at radius 3 is 2.48 bits per heavy atom. The van der Waals surface area contributed by atoms with E-state index in [1.807, 2.05) is 30.5 Å². The minimum atomic E-state index is -0.0955. The van der Waals surface area contributed by atoms with E-state index in [0.29, 0.717) is 19.6 Å². The zero-order valence-corrected chi connectivity index (χ0v) is 13.3. The van der Waals surface area contributed by atoms with Crippen LogP contribution in [-0.4, -0.2) is 54.2 Å². The van der Waals surface area contributed by atoms with E-state index in [-0.39, 0.29) is 11.9 Å². The van der Waals surface area contributed by atoms with E-state index in [0.717, 1.165) is 23.5 Å². The number of thioether (sulfide) groups is 1. The second-order valence-electron chi connectivity index (χ2n) is 4.98. The fraction of sp³-hybridized carbons (Fsp3) is 0.467. The molecule has 0 spiro atoms. The molecule has 0 saturated carbocycles. The van der Waals surface area contributed by atoms with E-state index < -0.39 is 0 Å². The van der Waals surface area contributed by atoms with Crippen LogP contribution in [0.15, 0.2) is 29.2 Å². The molecule has 5 nitrogen and oxygen atoms in total. The van der Waals surface area contributed by atoms with Gasteiger partial charge in [0.1, 0.15) is 0 Å². The van der Waals surface area contributed by atoms with Gasteiger partial charge in [0.25, 0.3) is 0 Å². The molecule has 114 valence electrons. The van der Waals surface area contributed by atoms with Crippen molar-refractivity contribution >= 4 is 29.4 Å². The Hall–Kier alpha value is -1.69. The Morgan fingerprint density at radius 1 is 1.10 bits per heavy atom. The van der Waals surface area contributed by atoms with E-state index >= 15 is 0 Å². The lowest BCUT2D eigenvalue weighted by Gasteiger charge is -2.22. The first-order chi connectivity index (χ1) is 10.1. The summed E-state index contributed by atoms with van der Waals surface area (Å²) in [5.41, 5.74) is 0.836. The molecule has 1 saturated heterocycles. The van der Waals surface area contributed by atoms with Gasteiger partial charge < -0.3 is 15.1 Å². The van der Waals surface area contributed by atoms with Crippen LogP contribution in [0, 0.1) is 0 Å². The van der Waals surface area contributed by atoms with Crippen LogP contribution in [0.25, 0.3) is 0 Å². The quantitative estimate of drug-likeness (QED) is 0.854. The van der Waals surface area contributed by atoms with Crippen molar-refractivity contribution in [1.29, 1.82) is 0 Å². The molecule has 1 fully saturated rings. The molecule has 3 amide bonds. The topological polar surface area (TPSA) is 52.7 Å². The van der Waals surface area contributed by atoms with Gasteiger partial charge in [-0.2, -0.15) is 0 Å². The molecular weight excluding hydrogens is 286 g/mol. The second kappa shape index (κ2) is 7.36. The van der Waals surface area contributed by atoms with Gasteiger partial charge in [0, 0.05) is 38.0 Å². The molecule has 0 aromatic heterocycles. The van der Waals surface area contributed by atoms with Gasteiger partial charge in [0.05, 0.1) is 5.69 Å². The minimum Gasteiger partial charge on any atom is -0.341 e. The normalized spacial score (nSPS) is 15.5. The summed E-state index contributed by atoms with van der Waals surface area (Å²) in [6.07, 6.45) is 2.80. The summed E-state index contributed by atoms with van der Waals surface area (Å²) in [7, 11) is 0.